The molecule has 1 atom stereocenters. The minimum Gasteiger partial charge on any atom is -0.454 e. The van der Waals surface area contributed by atoms with Crippen molar-refractivity contribution in [3.05, 3.63) is 89.0 Å². The molecule has 0 bridgehead atoms. The first-order chi connectivity index (χ1) is 16.4. The van der Waals surface area contributed by atoms with Crippen molar-refractivity contribution in [3.8, 4) is 11.1 Å². The van der Waals surface area contributed by atoms with Crippen LogP contribution in [-0.4, -0.2) is 47.4 Å². The number of hydrogen-bond acceptors (Lipinski definition) is 6. The number of nitrogens with zero attached hydrogens (tertiary/aromatic N) is 1. The van der Waals surface area contributed by atoms with Crippen molar-refractivity contribution in [1.82, 2.24) is 4.90 Å². The lowest BCUT2D eigenvalue weighted by Gasteiger charge is -2.12. The molecular weight excluding hydrogens is 450 g/mol. The van der Waals surface area contributed by atoms with E-state index in [0.29, 0.717) is 10.5 Å². The number of esters is 1. The molecule has 1 heterocycles. The van der Waals surface area contributed by atoms with Crippen molar-refractivity contribution < 1.29 is 23.9 Å². The van der Waals surface area contributed by atoms with E-state index < -0.39 is 11.2 Å². The van der Waals surface area contributed by atoms with Gasteiger partial charge in [0.2, 0.25) is 11.8 Å². The SMILES string of the molecule is CN1C(=O)CC(Sc2ccccc2C(=O)OCC(=O)c2ccc3c(c2)Cc2ccccc2-3)C1=O. The first-order valence-corrected chi connectivity index (χ1v) is 11.8. The topological polar surface area (TPSA) is 80.8 Å². The number of benzene rings is 3. The zero-order valence-corrected chi connectivity index (χ0v) is 19.3. The van der Waals surface area contributed by atoms with Crippen LogP contribution >= 0.6 is 11.8 Å². The molecule has 7 heteroatoms. The predicted octanol–water partition coefficient (Wildman–Crippen LogP) is 4.15. The predicted molar refractivity (Wildman–Crippen MR) is 128 cm³/mol. The standard InChI is InChI=1S/C27H21NO5S/c1-28-25(30)14-24(26(28)31)34-23-9-5-4-8-21(23)27(32)33-15-22(29)17-10-11-20-18(13-17)12-16-6-2-3-7-19(16)20/h2-11,13,24H,12,14-15H2,1H3. The Hall–Kier alpha value is -3.71. The van der Waals surface area contributed by atoms with E-state index in [2.05, 4.69) is 12.1 Å². The van der Waals surface area contributed by atoms with Gasteiger partial charge in [0.1, 0.15) is 0 Å². The van der Waals surface area contributed by atoms with E-state index in [1.807, 2.05) is 24.3 Å². The highest BCUT2D eigenvalue weighted by molar-refractivity contribution is 8.00. The molecule has 1 aliphatic carbocycles. The van der Waals surface area contributed by atoms with Gasteiger partial charge in [0.05, 0.1) is 10.8 Å². The molecule has 1 fully saturated rings. The van der Waals surface area contributed by atoms with Crippen molar-refractivity contribution in [3.63, 3.8) is 0 Å². The Kier molecular flexibility index (Phi) is 5.79. The number of fused-ring (bicyclic) bond motifs is 3. The third-order valence-corrected chi connectivity index (χ3v) is 7.43. The maximum absolute atomic E-state index is 12.8. The molecule has 170 valence electrons. The fourth-order valence-electron chi connectivity index (χ4n) is 4.32. The summed E-state index contributed by atoms with van der Waals surface area (Å²) >= 11 is 1.16. The maximum atomic E-state index is 12.8. The van der Waals surface area contributed by atoms with Gasteiger partial charge in [-0.25, -0.2) is 4.79 Å². The fraction of sp³-hybridized carbons (Fsp3) is 0.185. The molecule has 2 aliphatic rings. The molecular formula is C27H21NO5S. The summed E-state index contributed by atoms with van der Waals surface area (Å²) in [5, 5.41) is -0.580. The van der Waals surface area contributed by atoms with Gasteiger partial charge in [-0.3, -0.25) is 19.3 Å². The van der Waals surface area contributed by atoms with Crippen LogP contribution < -0.4 is 0 Å². The molecule has 1 aliphatic heterocycles. The largest absolute Gasteiger partial charge is 0.454 e. The third kappa shape index (κ3) is 4.03. The number of likely N-dealkylation sites (tertiary alicyclic amines) is 1. The van der Waals surface area contributed by atoms with Gasteiger partial charge in [-0.1, -0.05) is 48.5 Å². The van der Waals surface area contributed by atoms with Crippen LogP contribution in [-0.2, 0) is 20.7 Å². The van der Waals surface area contributed by atoms with Gasteiger partial charge in [-0.15, -0.1) is 11.8 Å². The number of amides is 2. The maximum Gasteiger partial charge on any atom is 0.339 e. The minimum absolute atomic E-state index is 0.0874. The molecule has 0 saturated carbocycles. The summed E-state index contributed by atoms with van der Waals surface area (Å²) in [6.07, 6.45) is 0.860. The molecule has 0 spiro atoms. The molecule has 1 unspecified atom stereocenters. The number of thioether (sulfide) groups is 1. The van der Waals surface area contributed by atoms with Crippen LogP contribution in [0.3, 0.4) is 0 Å². The second-order valence-electron chi connectivity index (χ2n) is 8.30. The lowest BCUT2D eigenvalue weighted by atomic mass is 10.0. The third-order valence-electron chi connectivity index (χ3n) is 6.17. The Morgan fingerprint density at radius 1 is 0.971 bits per heavy atom. The Labute approximate surface area is 200 Å². The van der Waals surface area contributed by atoms with Crippen LogP contribution in [0.2, 0.25) is 0 Å². The van der Waals surface area contributed by atoms with E-state index in [1.165, 1.54) is 18.2 Å². The number of hydrogen-bond donors (Lipinski definition) is 0. The van der Waals surface area contributed by atoms with Crippen molar-refractivity contribution >= 4 is 35.3 Å². The number of rotatable bonds is 6. The second-order valence-corrected chi connectivity index (χ2v) is 9.55. The lowest BCUT2D eigenvalue weighted by molar-refractivity contribution is -0.136. The zero-order chi connectivity index (χ0) is 23.8. The highest BCUT2D eigenvalue weighted by Gasteiger charge is 2.37. The summed E-state index contributed by atoms with van der Waals surface area (Å²) in [7, 11) is 1.45. The van der Waals surface area contributed by atoms with Crippen LogP contribution in [0.1, 0.15) is 38.3 Å². The van der Waals surface area contributed by atoms with Crippen molar-refractivity contribution in [2.45, 2.75) is 23.0 Å². The lowest BCUT2D eigenvalue weighted by Crippen LogP contribution is -2.26. The van der Waals surface area contributed by atoms with Gasteiger partial charge >= 0.3 is 5.97 Å². The molecule has 0 N–H and O–H groups in total. The Balaban J connectivity index is 1.26. The van der Waals surface area contributed by atoms with E-state index in [4.69, 9.17) is 4.74 Å². The van der Waals surface area contributed by atoms with Gasteiger partial charge in [0.15, 0.2) is 12.4 Å². The van der Waals surface area contributed by atoms with Crippen LogP contribution in [0.5, 0.6) is 0 Å². The second kappa shape index (κ2) is 8.91. The number of ether oxygens (including phenoxy) is 1. The normalized spacial score (nSPS) is 16.4. The van der Waals surface area contributed by atoms with Crippen molar-refractivity contribution in [2.24, 2.45) is 0 Å². The fourth-order valence-corrected chi connectivity index (χ4v) is 5.54. The monoisotopic (exact) mass is 471 g/mol. The molecule has 2 amide bonds. The van der Waals surface area contributed by atoms with E-state index in [0.717, 1.165) is 34.2 Å². The molecule has 0 radical (unpaired) electrons. The van der Waals surface area contributed by atoms with Gasteiger partial charge in [-0.05, 0) is 46.9 Å². The van der Waals surface area contributed by atoms with Crippen LogP contribution in [0.25, 0.3) is 11.1 Å². The molecule has 5 rings (SSSR count). The van der Waals surface area contributed by atoms with Gasteiger partial charge < -0.3 is 4.74 Å². The molecule has 6 nitrogen and oxygen atoms in total. The number of imide groups is 1. The van der Waals surface area contributed by atoms with E-state index in [1.54, 1.807) is 30.3 Å². The number of Topliss-reactive ketones (excluding diaryl/α,β-unsaturated/α-hetero) is 1. The first-order valence-electron chi connectivity index (χ1n) is 10.9. The first kappa shape index (κ1) is 22.1. The quantitative estimate of drug-likeness (QED) is 0.239. The zero-order valence-electron chi connectivity index (χ0n) is 18.4. The molecule has 1 saturated heterocycles. The van der Waals surface area contributed by atoms with Gasteiger partial charge in [0, 0.05) is 23.9 Å². The van der Waals surface area contributed by atoms with E-state index in [-0.39, 0.29) is 36.2 Å². The summed E-state index contributed by atoms with van der Waals surface area (Å²) in [5.41, 5.74) is 5.39. The Bertz CT molecular complexity index is 1350. The average Bonchev–Trinajstić information content (AvgIpc) is 3.34. The highest BCUT2D eigenvalue weighted by Crippen LogP contribution is 2.37. The molecule has 3 aromatic rings. The Morgan fingerprint density at radius 3 is 2.50 bits per heavy atom. The Morgan fingerprint density at radius 2 is 1.71 bits per heavy atom. The van der Waals surface area contributed by atoms with Gasteiger partial charge in [0.25, 0.3) is 0 Å². The molecule has 34 heavy (non-hydrogen) atoms. The average molecular weight is 472 g/mol. The van der Waals surface area contributed by atoms with Crippen LogP contribution in [0.15, 0.2) is 71.6 Å². The smallest absolute Gasteiger partial charge is 0.339 e. The molecule has 0 aromatic heterocycles. The van der Waals surface area contributed by atoms with Crippen molar-refractivity contribution in [2.75, 3.05) is 13.7 Å². The van der Waals surface area contributed by atoms with Crippen LogP contribution in [0, 0.1) is 0 Å². The van der Waals surface area contributed by atoms with Crippen LogP contribution in [0.4, 0.5) is 0 Å². The van der Waals surface area contributed by atoms with Crippen molar-refractivity contribution in [1.29, 1.82) is 0 Å². The summed E-state index contributed by atoms with van der Waals surface area (Å²) < 4.78 is 5.34. The summed E-state index contributed by atoms with van der Waals surface area (Å²) in [4.78, 5) is 51.2. The minimum atomic E-state index is -0.643. The van der Waals surface area contributed by atoms with E-state index >= 15 is 0 Å². The molecule has 3 aromatic carbocycles. The number of ketones is 1. The highest BCUT2D eigenvalue weighted by atomic mass is 32.2. The summed E-state index contributed by atoms with van der Waals surface area (Å²) in [6, 6.07) is 20.5. The summed E-state index contributed by atoms with van der Waals surface area (Å²) in [6.45, 7) is -0.382. The summed E-state index contributed by atoms with van der Waals surface area (Å²) in [5.74, 6) is -1.46. The number of carbonyl (C=O) groups is 4. The van der Waals surface area contributed by atoms with Gasteiger partial charge in [-0.2, -0.15) is 0 Å². The van der Waals surface area contributed by atoms with E-state index in [9.17, 15) is 19.2 Å². The number of carbonyl (C=O) groups excluding carboxylic acids is 4.